The van der Waals surface area contributed by atoms with Gasteiger partial charge < -0.3 is 19.8 Å². The van der Waals surface area contributed by atoms with Crippen LogP contribution in [0.4, 0.5) is 0 Å². The summed E-state index contributed by atoms with van der Waals surface area (Å²) in [5.41, 5.74) is -0.0239. The zero-order chi connectivity index (χ0) is 15.8. The van der Waals surface area contributed by atoms with Crippen molar-refractivity contribution in [1.82, 2.24) is 10.6 Å². The van der Waals surface area contributed by atoms with Crippen LogP contribution in [0.3, 0.4) is 0 Å². The van der Waals surface area contributed by atoms with Crippen molar-refractivity contribution in [3.8, 4) is 0 Å². The molecule has 2 rings (SSSR count). The Kier molecular flexibility index (Phi) is 8.98. The number of rotatable bonds is 5. The Morgan fingerprint density at radius 2 is 2.17 bits per heavy atom. The van der Waals surface area contributed by atoms with Crippen molar-refractivity contribution in [2.45, 2.75) is 58.1 Å². The van der Waals surface area contributed by atoms with Gasteiger partial charge in [0, 0.05) is 25.1 Å². The minimum absolute atomic E-state index is 0. The highest BCUT2D eigenvalue weighted by molar-refractivity contribution is 14.0. The number of furan rings is 1. The van der Waals surface area contributed by atoms with Crippen molar-refractivity contribution in [3.05, 3.63) is 24.2 Å². The zero-order valence-corrected chi connectivity index (χ0v) is 16.8. The van der Waals surface area contributed by atoms with Gasteiger partial charge in [0.2, 0.25) is 0 Å². The molecule has 1 fully saturated rings. The largest absolute Gasteiger partial charge is 0.469 e. The van der Waals surface area contributed by atoms with E-state index >= 15 is 0 Å². The van der Waals surface area contributed by atoms with Crippen molar-refractivity contribution in [2.24, 2.45) is 4.99 Å². The lowest BCUT2D eigenvalue weighted by Gasteiger charge is -2.25. The van der Waals surface area contributed by atoms with Crippen molar-refractivity contribution in [1.29, 1.82) is 0 Å². The van der Waals surface area contributed by atoms with Gasteiger partial charge in [-0.05, 0) is 52.2 Å². The van der Waals surface area contributed by atoms with E-state index in [0.29, 0.717) is 6.54 Å². The smallest absolute Gasteiger partial charge is 0.191 e. The van der Waals surface area contributed by atoms with Gasteiger partial charge in [-0.1, -0.05) is 0 Å². The highest BCUT2D eigenvalue weighted by atomic mass is 127. The first-order valence-corrected chi connectivity index (χ1v) is 8.23. The van der Waals surface area contributed by atoms with Gasteiger partial charge in [0.05, 0.1) is 18.9 Å². The molecule has 1 unspecified atom stereocenters. The minimum Gasteiger partial charge on any atom is -0.469 e. The van der Waals surface area contributed by atoms with Gasteiger partial charge in [-0.25, -0.2) is 0 Å². The van der Waals surface area contributed by atoms with Crippen LogP contribution in [0.5, 0.6) is 0 Å². The number of aliphatic imine (C=N–C) groups is 1. The first-order chi connectivity index (χ1) is 10.5. The molecule has 1 aliphatic rings. The third kappa shape index (κ3) is 8.60. The number of hydrogen-bond donors (Lipinski definition) is 2. The van der Waals surface area contributed by atoms with E-state index in [4.69, 9.17) is 14.1 Å². The maximum absolute atomic E-state index is 5.74. The molecule has 1 aromatic rings. The molecular weight excluding hydrogens is 405 g/mol. The van der Waals surface area contributed by atoms with E-state index in [1.54, 1.807) is 6.26 Å². The molecule has 0 radical (unpaired) electrons. The van der Waals surface area contributed by atoms with E-state index in [0.717, 1.165) is 37.7 Å². The maximum atomic E-state index is 5.74. The summed E-state index contributed by atoms with van der Waals surface area (Å²) in [7, 11) is 0. The summed E-state index contributed by atoms with van der Waals surface area (Å²) in [5, 5.41) is 6.81. The number of hydrogen-bond acceptors (Lipinski definition) is 3. The molecule has 0 amide bonds. The molecule has 0 aromatic carbocycles. The molecule has 1 aromatic heterocycles. The van der Waals surface area contributed by atoms with Crippen molar-refractivity contribution in [2.75, 3.05) is 19.7 Å². The van der Waals surface area contributed by atoms with Crippen LogP contribution in [0.2, 0.25) is 0 Å². The summed E-state index contributed by atoms with van der Waals surface area (Å²) in [4.78, 5) is 4.69. The monoisotopic (exact) mass is 435 g/mol. The predicted octanol–water partition coefficient (Wildman–Crippen LogP) is 3.34. The van der Waals surface area contributed by atoms with Crippen LogP contribution in [0.15, 0.2) is 27.8 Å². The quantitative estimate of drug-likeness (QED) is 0.423. The third-order valence-electron chi connectivity index (χ3n) is 3.46. The highest BCUT2D eigenvalue weighted by Crippen LogP contribution is 2.12. The normalized spacial score (nSPS) is 19.1. The van der Waals surface area contributed by atoms with E-state index in [1.165, 1.54) is 12.8 Å². The standard InChI is InChI=1S/C17H29N3O2.HI/c1-17(2,3)20-16(18-10-9-14-8-6-12-21-14)19-13-15-7-4-5-11-22-15;/h6,8,12,15H,4-5,7,9-11,13H2,1-3H3,(H2,18,19,20);1H. The number of nitrogens with one attached hydrogen (secondary N) is 2. The van der Waals surface area contributed by atoms with Gasteiger partial charge in [-0.15, -0.1) is 24.0 Å². The first kappa shape index (κ1) is 20.3. The van der Waals surface area contributed by atoms with Gasteiger partial charge >= 0.3 is 0 Å². The number of ether oxygens (including phenoxy) is 1. The molecular formula is C17H30IN3O2. The number of nitrogens with zero attached hydrogens (tertiary/aromatic N) is 1. The molecule has 1 aliphatic heterocycles. The summed E-state index contributed by atoms with van der Waals surface area (Å²) < 4.78 is 11.1. The maximum Gasteiger partial charge on any atom is 0.191 e. The fourth-order valence-electron chi connectivity index (χ4n) is 2.40. The van der Waals surface area contributed by atoms with Crippen LogP contribution in [-0.4, -0.2) is 37.3 Å². The number of halogens is 1. The molecule has 0 saturated carbocycles. The lowest BCUT2D eigenvalue weighted by molar-refractivity contribution is 0.0224. The Morgan fingerprint density at radius 3 is 2.78 bits per heavy atom. The highest BCUT2D eigenvalue weighted by Gasteiger charge is 2.15. The topological polar surface area (TPSA) is 58.8 Å². The van der Waals surface area contributed by atoms with E-state index in [2.05, 4.69) is 31.4 Å². The van der Waals surface area contributed by atoms with Gasteiger partial charge in [-0.3, -0.25) is 4.99 Å². The molecule has 132 valence electrons. The molecule has 1 saturated heterocycles. The lowest BCUT2D eigenvalue weighted by Crippen LogP contribution is -2.48. The molecule has 0 bridgehead atoms. The van der Waals surface area contributed by atoms with Crippen LogP contribution in [-0.2, 0) is 11.2 Å². The second kappa shape index (κ2) is 10.2. The molecule has 2 heterocycles. The number of guanidine groups is 1. The second-order valence-corrected chi connectivity index (χ2v) is 6.81. The van der Waals surface area contributed by atoms with Crippen molar-refractivity contribution < 1.29 is 9.15 Å². The van der Waals surface area contributed by atoms with Crippen LogP contribution in [0.25, 0.3) is 0 Å². The molecule has 5 nitrogen and oxygen atoms in total. The average Bonchev–Trinajstić information content (AvgIpc) is 2.97. The molecule has 1 atom stereocenters. The molecule has 23 heavy (non-hydrogen) atoms. The SMILES string of the molecule is CC(C)(C)NC(=NCC1CCCCO1)NCCc1ccco1.I. The molecule has 0 spiro atoms. The molecule has 2 N–H and O–H groups in total. The van der Waals surface area contributed by atoms with Gasteiger partial charge in [0.1, 0.15) is 5.76 Å². The van der Waals surface area contributed by atoms with E-state index in [-0.39, 0.29) is 35.6 Å². The average molecular weight is 435 g/mol. The Balaban J connectivity index is 0.00000264. The Morgan fingerprint density at radius 1 is 1.35 bits per heavy atom. The summed E-state index contributed by atoms with van der Waals surface area (Å²) in [5.74, 6) is 1.83. The van der Waals surface area contributed by atoms with Crippen LogP contribution < -0.4 is 10.6 Å². The van der Waals surface area contributed by atoms with E-state index < -0.39 is 0 Å². The summed E-state index contributed by atoms with van der Waals surface area (Å²) >= 11 is 0. The fraction of sp³-hybridized carbons (Fsp3) is 0.706. The zero-order valence-electron chi connectivity index (χ0n) is 14.4. The second-order valence-electron chi connectivity index (χ2n) is 6.81. The molecule has 0 aliphatic carbocycles. The Labute approximate surface area is 156 Å². The van der Waals surface area contributed by atoms with Crippen molar-refractivity contribution in [3.63, 3.8) is 0 Å². The molecule has 6 heteroatoms. The third-order valence-corrected chi connectivity index (χ3v) is 3.46. The van der Waals surface area contributed by atoms with Crippen LogP contribution >= 0.6 is 24.0 Å². The Hall–Kier alpha value is -0.760. The first-order valence-electron chi connectivity index (χ1n) is 8.23. The van der Waals surface area contributed by atoms with Crippen molar-refractivity contribution >= 4 is 29.9 Å². The summed E-state index contributed by atoms with van der Waals surface area (Å²) in [6.07, 6.45) is 6.34. The van der Waals surface area contributed by atoms with Crippen LogP contribution in [0, 0.1) is 0 Å². The fourth-order valence-corrected chi connectivity index (χ4v) is 2.40. The minimum atomic E-state index is -0.0239. The lowest BCUT2D eigenvalue weighted by atomic mass is 10.1. The van der Waals surface area contributed by atoms with Crippen LogP contribution in [0.1, 0.15) is 45.8 Å². The predicted molar refractivity (Wildman–Crippen MR) is 105 cm³/mol. The van der Waals surface area contributed by atoms with Gasteiger partial charge in [0.25, 0.3) is 0 Å². The van der Waals surface area contributed by atoms with Gasteiger partial charge in [0.15, 0.2) is 5.96 Å². The van der Waals surface area contributed by atoms with E-state index in [1.807, 2.05) is 12.1 Å². The Bertz CT molecular complexity index is 449. The summed E-state index contributed by atoms with van der Waals surface area (Å²) in [6, 6.07) is 3.91. The van der Waals surface area contributed by atoms with Gasteiger partial charge in [-0.2, -0.15) is 0 Å². The summed E-state index contributed by atoms with van der Waals surface area (Å²) in [6.45, 7) is 8.77. The van der Waals surface area contributed by atoms with E-state index in [9.17, 15) is 0 Å².